The van der Waals surface area contributed by atoms with Gasteiger partial charge in [-0.15, -0.1) is 0 Å². The quantitative estimate of drug-likeness (QED) is 0.884. The van der Waals surface area contributed by atoms with Gasteiger partial charge >= 0.3 is 0 Å². The van der Waals surface area contributed by atoms with E-state index in [1.54, 1.807) is 0 Å². The van der Waals surface area contributed by atoms with Crippen molar-refractivity contribution in [1.29, 1.82) is 0 Å². The van der Waals surface area contributed by atoms with Gasteiger partial charge in [-0.05, 0) is 34.6 Å². The summed E-state index contributed by atoms with van der Waals surface area (Å²) >= 11 is 0. The van der Waals surface area contributed by atoms with Crippen LogP contribution in [0.1, 0.15) is 39.0 Å². The molecule has 1 aromatic heterocycles. The average molecular weight is 267 g/mol. The van der Waals surface area contributed by atoms with Crippen LogP contribution in [0.25, 0.3) is 0 Å². The molecule has 19 heavy (non-hydrogen) atoms. The number of hydrogen-bond donors (Lipinski definition) is 1. The predicted molar refractivity (Wildman–Crippen MR) is 75.3 cm³/mol. The van der Waals surface area contributed by atoms with Crippen molar-refractivity contribution in [2.45, 2.75) is 52.4 Å². The molecule has 1 saturated heterocycles. The summed E-state index contributed by atoms with van der Waals surface area (Å²) in [4.78, 5) is 2.27. The molecule has 0 atom stereocenters. The van der Waals surface area contributed by atoms with Crippen molar-refractivity contribution in [3.05, 3.63) is 11.3 Å². The van der Waals surface area contributed by atoms with Gasteiger partial charge < -0.3 is 14.7 Å². The topological polar surface area (TPSA) is 50.5 Å². The van der Waals surface area contributed by atoms with Crippen LogP contribution in [0.2, 0.25) is 0 Å². The molecular formula is C14H25N3O2. The summed E-state index contributed by atoms with van der Waals surface area (Å²) in [5, 5.41) is 14.0. The van der Waals surface area contributed by atoms with Crippen LogP contribution < -0.4 is 4.90 Å². The lowest BCUT2D eigenvalue weighted by Crippen LogP contribution is -2.57. The molecule has 1 N–H and O–H groups in total. The first-order valence-corrected chi connectivity index (χ1v) is 6.74. The molecule has 5 heteroatoms. The predicted octanol–water partition coefficient (Wildman–Crippen LogP) is 1.61. The first kappa shape index (κ1) is 14.3. The van der Waals surface area contributed by atoms with E-state index in [1.807, 2.05) is 18.7 Å². The van der Waals surface area contributed by atoms with Gasteiger partial charge in [-0.25, -0.2) is 0 Å². The van der Waals surface area contributed by atoms with Crippen LogP contribution in [-0.4, -0.2) is 39.2 Å². The Morgan fingerprint density at radius 1 is 1.21 bits per heavy atom. The van der Waals surface area contributed by atoms with E-state index in [1.165, 1.54) is 0 Å². The molecule has 2 rings (SSSR count). The highest BCUT2D eigenvalue weighted by atomic mass is 16.5. The van der Waals surface area contributed by atoms with E-state index < -0.39 is 0 Å². The zero-order valence-electron chi connectivity index (χ0n) is 12.8. The number of aliphatic hydroxyl groups is 1. The second-order valence-electron chi connectivity index (χ2n) is 6.65. The maximum Gasteiger partial charge on any atom is 0.132 e. The van der Waals surface area contributed by atoms with Gasteiger partial charge in [-0.3, -0.25) is 4.68 Å². The minimum Gasteiger partial charge on any atom is -0.391 e. The molecular weight excluding hydrogens is 242 g/mol. The third-order valence-corrected chi connectivity index (χ3v) is 3.47. The molecule has 2 heterocycles. The summed E-state index contributed by atoms with van der Waals surface area (Å²) < 4.78 is 7.96. The van der Waals surface area contributed by atoms with Gasteiger partial charge in [-0.2, -0.15) is 5.10 Å². The number of aromatic nitrogens is 2. The molecule has 0 spiro atoms. The number of nitrogens with zero attached hydrogens (tertiary/aromatic N) is 3. The van der Waals surface area contributed by atoms with Crippen molar-refractivity contribution in [1.82, 2.24) is 9.78 Å². The van der Waals surface area contributed by atoms with Gasteiger partial charge in [0, 0.05) is 25.7 Å². The Morgan fingerprint density at radius 2 is 1.74 bits per heavy atom. The fourth-order valence-corrected chi connectivity index (χ4v) is 3.21. The molecule has 1 aliphatic heterocycles. The first-order valence-electron chi connectivity index (χ1n) is 6.74. The molecule has 0 aromatic carbocycles. The van der Waals surface area contributed by atoms with Crippen LogP contribution in [0.5, 0.6) is 0 Å². The third kappa shape index (κ3) is 2.77. The zero-order valence-corrected chi connectivity index (χ0v) is 12.8. The average Bonchev–Trinajstić information content (AvgIpc) is 2.47. The van der Waals surface area contributed by atoms with Gasteiger partial charge in [0.2, 0.25) is 0 Å². The van der Waals surface area contributed by atoms with Crippen LogP contribution >= 0.6 is 0 Å². The Balaban J connectivity index is 2.41. The van der Waals surface area contributed by atoms with Crippen molar-refractivity contribution in [2.24, 2.45) is 7.05 Å². The Labute approximate surface area is 115 Å². The zero-order chi connectivity index (χ0) is 14.4. The Kier molecular flexibility index (Phi) is 3.39. The fraction of sp³-hybridized carbons (Fsp3) is 0.786. The number of anilines is 1. The Morgan fingerprint density at radius 3 is 2.21 bits per heavy atom. The van der Waals surface area contributed by atoms with E-state index in [9.17, 15) is 5.11 Å². The number of rotatable bonds is 2. The lowest BCUT2D eigenvalue weighted by Gasteiger charge is -2.48. The minimum absolute atomic E-state index is 0.0211. The maximum absolute atomic E-state index is 9.59. The summed E-state index contributed by atoms with van der Waals surface area (Å²) in [6, 6.07) is 0. The minimum atomic E-state index is -0.216. The summed E-state index contributed by atoms with van der Waals surface area (Å²) in [5.74, 6) is 1.00. The van der Waals surface area contributed by atoms with Crippen LogP contribution in [-0.2, 0) is 18.4 Å². The summed E-state index contributed by atoms with van der Waals surface area (Å²) in [5.41, 5.74) is 1.37. The molecule has 0 aliphatic carbocycles. The second-order valence-corrected chi connectivity index (χ2v) is 6.65. The molecule has 0 amide bonds. The lowest BCUT2D eigenvalue weighted by molar-refractivity contribution is -0.133. The van der Waals surface area contributed by atoms with Crippen molar-refractivity contribution in [3.63, 3.8) is 0 Å². The van der Waals surface area contributed by atoms with Crippen molar-refractivity contribution in [2.75, 3.05) is 18.0 Å². The van der Waals surface area contributed by atoms with Gasteiger partial charge in [0.25, 0.3) is 0 Å². The highest BCUT2D eigenvalue weighted by Crippen LogP contribution is 2.33. The molecule has 0 radical (unpaired) electrons. The number of aryl methyl sites for hydroxylation is 2. The van der Waals surface area contributed by atoms with E-state index in [0.717, 1.165) is 30.2 Å². The second kappa shape index (κ2) is 4.49. The van der Waals surface area contributed by atoms with Crippen LogP contribution in [0.3, 0.4) is 0 Å². The number of aliphatic hydroxyl groups excluding tert-OH is 1. The van der Waals surface area contributed by atoms with Gasteiger partial charge in [0.1, 0.15) is 5.82 Å². The number of ether oxygens (including phenoxy) is 1. The molecule has 0 bridgehead atoms. The summed E-state index contributed by atoms with van der Waals surface area (Å²) in [6.07, 6.45) is 0. The maximum atomic E-state index is 9.59. The van der Waals surface area contributed by atoms with Crippen LogP contribution in [0, 0.1) is 6.92 Å². The molecule has 5 nitrogen and oxygen atoms in total. The fourth-order valence-electron chi connectivity index (χ4n) is 3.21. The van der Waals surface area contributed by atoms with Crippen molar-refractivity contribution in [3.8, 4) is 0 Å². The largest absolute Gasteiger partial charge is 0.391 e. The van der Waals surface area contributed by atoms with E-state index in [0.29, 0.717) is 0 Å². The molecule has 108 valence electrons. The highest BCUT2D eigenvalue weighted by molar-refractivity contribution is 5.51. The summed E-state index contributed by atoms with van der Waals surface area (Å²) in [6.45, 7) is 11.9. The smallest absolute Gasteiger partial charge is 0.132 e. The molecule has 1 aromatic rings. The van der Waals surface area contributed by atoms with E-state index in [-0.39, 0.29) is 17.8 Å². The lowest BCUT2D eigenvalue weighted by atomic mass is 9.98. The van der Waals surface area contributed by atoms with E-state index in [2.05, 4.69) is 37.7 Å². The number of hydrogen-bond acceptors (Lipinski definition) is 4. The van der Waals surface area contributed by atoms with Gasteiger partial charge in [0.05, 0.1) is 23.5 Å². The third-order valence-electron chi connectivity index (χ3n) is 3.47. The molecule has 1 fully saturated rings. The van der Waals surface area contributed by atoms with E-state index in [4.69, 9.17) is 4.74 Å². The summed E-state index contributed by atoms with van der Waals surface area (Å²) in [7, 11) is 1.93. The number of morpholine rings is 1. The Bertz CT molecular complexity index is 461. The van der Waals surface area contributed by atoms with Gasteiger partial charge in [0.15, 0.2) is 0 Å². The standard InChI is InChI=1S/C14H25N3O2/c1-10-11(7-18)12(16(6)15-10)17-8-13(2,3)19-14(4,5)9-17/h18H,7-9H2,1-6H3. The monoisotopic (exact) mass is 267 g/mol. The molecule has 0 unspecified atom stereocenters. The first-order chi connectivity index (χ1) is 8.65. The SMILES string of the molecule is Cc1nn(C)c(N2CC(C)(C)OC(C)(C)C2)c1CO. The molecule has 0 saturated carbocycles. The molecule has 1 aliphatic rings. The Hall–Kier alpha value is -1.07. The van der Waals surface area contributed by atoms with Crippen molar-refractivity contribution >= 4 is 5.82 Å². The van der Waals surface area contributed by atoms with Crippen LogP contribution in [0.4, 0.5) is 5.82 Å². The van der Waals surface area contributed by atoms with Crippen molar-refractivity contribution < 1.29 is 9.84 Å². The highest BCUT2D eigenvalue weighted by Gasteiger charge is 2.39. The normalized spacial score (nSPS) is 21.7. The van der Waals surface area contributed by atoms with E-state index >= 15 is 0 Å². The van der Waals surface area contributed by atoms with Gasteiger partial charge in [-0.1, -0.05) is 0 Å². The van der Waals surface area contributed by atoms with Crippen LogP contribution in [0.15, 0.2) is 0 Å².